The lowest BCUT2D eigenvalue weighted by molar-refractivity contribution is -0.172. The fraction of sp³-hybridized carbons (Fsp3) is 0.870. The second kappa shape index (κ2) is 33.8. The topological polar surface area (TPSA) is 281 Å². The van der Waals surface area contributed by atoms with E-state index < -0.39 is 40.0 Å². The molecule has 9 saturated heterocycles. The molecule has 0 radical (unpaired) electrons. The van der Waals surface area contributed by atoms with Gasteiger partial charge in [0.05, 0.1) is 52.1 Å². The minimum atomic E-state index is -0.604. The van der Waals surface area contributed by atoms with E-state index in [2.05, 4.69) is 0 Å². The summed E-state index contributed by atoms with van der Waals surface area (Å²) in [7, 11) is 0. The zero-order valence-corrected chi connectivity index (χ0v) is 54.2. The molecule has 0 N–H and O–H groups in total. The number of carbonyl (C=O) groups is 10. The van der Waals surface area contributed by atoms with Gasteiger partial charge in [0.15, 0.2) is 24.4 Å². The molecule has 0 spiro atoms. The molecule has 15 rings (SSSR count). The van der Waals surface area contributed by atoms with Crippen molar-refractivity contribution in [3.05, 3.63) is 0 Å². The Morgan fingerprint density at radius 1 is 0.414 bits per heavy atom. The number of carbonyl (C=O) groups excluding carboxylic acids is 10. The number of fused-ring (bicyclic) bond motifs is 5. The van der Waals surface area contributed by atoms with Crippen LogP contribution in [0.15, 0.2) is 0 Å². The summed E-state index contributed by atoms with van der Waals surface area (Å²) in [4.78, 5) is 119. The first-order chi connectivity index (χ1) is 41.9. The zero-order valence-electron chi connectivity index (χ0n) is 54.2. The normalized spacial score (nSPS) is 38.3. The summed E-state index contributed by atoms with van der Waals surface area (Å²) in [5.74, 6) is -0.937. The van der Waals surface area contributed by atoms with E-state index in [0.29, 0.717) is 48.9 Å². The van der Waals surface area contributed by atoms with Crippen molar-refractivity contribution in [1.82, 2.24) is 0 Å². The second-order valence-corrected chi connectivity index (χ2v) is 30.3. The Hall–Kier alpha value is -5.38. The summed E-state index contributed by atoms with van der Waals surface area (Å²) < 4.78 is 65.8. The summed E-state index contributed by atoms with van der Waals surface area (Å²) in [6.45, 7) is 26.7. The van der Waals surface area contributed by atoms with Crippen molar-refractivity contribution in [2.45, 2.75) is 340 Å². The third-order valence-electron chi connectivity index (χ3n) is 24.0. The Morgan fingerprint density at radius 2 is 0.768 bits per heavy atom. The number of hydrogen-bond acceptors (Lipinski definition) is 22. The summed E-state index contributed by atoms with van der Waals surface area (Å²) in [6, 6.07) is 0. The largest absolute Gasteiger partial charge is 0.462 e. The van der Waals surface area contributed by atoms with Crippen LogP contribution in [0.4, 0.5) is 0 Å². The molecule has 27 atom stereocenters. The molecule has 9 aliphatic heterocycles. The summed E-state index contributed by atoms with van der Waals surface area (Å²) in [5.41, 5.74) is -2.07. The predicted octanol–water partition coefficient (Wildman–Crippen LogP) is 13.8. The molecule has 15 aliphatic rings. The molecule has 0 aromatic carbocycles. The third kappa shape index (κ3) is 15.8. The third-order valence-corrected chi connectivity index (χ3v) is 24.0. The van der Waals surface area contributed by atoms with Gasteiger partial charge >= 0.3 is 59.7 Å². The average molecular weight is 1410 g/mol. The Kier molecular flexibility index (Phi) is 31.3. The molecule has 22 heteroatoms. The van der Waals surface area contributed by atoms with E-state index in [1.165, 1.54) is 0 Å². The smallest absolute Gasteiger partial charge is 0.316 e. The molecule has 0 aromatic rings. The molecule has 0 aromatic heterocycles. The van der Waals surface area contributed by atoms with E-state index in [9.17, 15) is 47.9 Å². The molecular formula is C77H134O22. The lowest BCUT2D eigenvalue weighted by atomic mass is 9.73. The number of hydrogen-bond donors (Lipinski definition) is 0. The molecular weight excluding hydrogens is 1280 g/mol. The maximum atomic E-state index is 12.3. The summed E-state index contributed by atoms with van der Waals surface area (Å²) >= 11 is 0. The number of esters is 10. The Labute approximate surface area is 594 Å². The van der Waals surface area contributed by atoms with Gasteiger partial charge in [0, 0.05) is 35.5 Å². The monoisotopic (exact) mass is 1410 g/mol. The lowest BCUT2D eigenvalue weighted by Crippen LogP contribution is -2.45. The van der Waals surface area contributed by atoms with Crippen LogP contribution in [0.1, 0.15) is 255 Å². The standard InChI is InChI=1S/C15H22O4.C14H20O4.C13H18O5.C13H18O4.C12H16O5.10CH4/c1-5-14(2,3)12(16)19-11-8-6-9-10(7-8)18-13(17)15(9,11)4;1-4-14(2,3)13(16)18-11-7-5-8-9(6-7)17-12(15)10(8)11;1-4-13(2,3)12(15)18-9-7-5-6-8(16-7)10(9)17-11(6)14;1-3-6(2)12(14)17-11-7-4-8-9(5-7)16-13(15)10(8)11;1-3-5(2)11(13)16-9-7-4-6-8(15-7)10(9)17-12(6)14;;;;;;;;;;/h8-11H,5-7H2,1-4H3;7-11H,4-6H2,1-3H3;6-10H,4-5H2,1-3H3;6-11H,3-5H2,1-2H3;5-10H,3-4H2,1-2H3;10*1H4. The SMILES string of the molecule is C.C.C.C.C.C.C.C.C.C.CCC(C)(C)C(=O)OC1C2CC3C(=O)OC1C3O2.CCC(C)(C)C(=O)OC1C2CC3OC(=O)C1(C)C3C2.CCC(C)(C)C(=O)OC1C2CC3OC(=O)C1C3C2.CCC(C)C(=O)OC1C2CC3C(=O)OC1C3O2.CCC(C)C(=O)OC1C2CC3OC(=O)C1C3C2. The fourth-order valence-corrected chi connectivity index (χ4v) is 16.6. The van der Waals surface area contributed by atoms with Crippen LogP contribution in [0.2, 0.25) is 0 Å². The van der Waals surface area contributed by atoms with Gasteiger partial charge < -0.3 is 56.8 Å². The summed E-state index contributed by atoms with van der Waals surface area (Å²) in [5, 5.41) is 0. The van der Waals surface area contributed by atoms with E-state index in [-0.39, 0.29) is 243 Å². The molecule has 99 heavy (non-hydrogen) atoms. The van der Waals surface area contributed by atoms with Crippen LogP contribution in [0.5, 0.6) is 0 Å². The van der Waals surface area contributed by atoms with Crippen LogP contribution in [-0.2, 0) is 105 Å². The highest BCUT2D eigenvalue weighted by Gasteiger charge is 2.72. The Balaban J connectivity index is 0.000000604. The lowest BCUT2D eigenvalue weighted by Gasteiger charge is -2.34. The minimum absolute atomic E-state index is 0. The van der Waals surface area contributed by atoms with Crippen LogP contribution in [0.25, 0.3) is 0 Å². The first-order valence-corrected chi connectivity index (χ1v) is 33.3. The molecule has 574 valence electrons. The number of ether oxygens (including phenoxy) is 12. The van der Waals surface area contributed by atoms with Crippen molar-refractivity contribution in [1.29, 1.82) is 0 Å². The van der Waals surface area contributed by atoms with Crippen molar-refractivity contribution >= 4 is 59.7 Å². The van der Waals surface area contributed by atoms with E-state index in [1.54, 1.807) is 0 Å². The van der Waals surface area contributed by atoms with Crippen LogP contribution < -0.4 is 0 Å². The van der Waals surface area contributed by atoms with Gasteiger partial charge in [0.2, 0.25) is 0 Å². The van der Waals surface area contributed by atoms with Crippen LogP contribution >= 0.6 is 0 Å². The maximum Gasteiger partial charge on any atom is 0.316 e. The first kappa shape index (κ1) is 91.6. The fourth-order valence-electron chi connectivity index (χ4n) is 16.6. The van der Waals surface area contributed by atoms with Gasteiger partial charge in [-0.25, -0.2) is 0 Å². The molecule has 0 amide bonds. The van der Waals surface area contributed by atoms with Gasteiger partial charge in [-0.3, -0.25) is 47.9 Å². The van der Waals surface area contributed by atoms with Crippen molar-refractivity contribution in [2.24, 2.45) is 92.7 Å². The van der Waals surface area contributed by atoms with E-state index in [0.717, 1.165) is 64.2 Å². The van der Waals surface area contributed by atoms with Gasteiger partial charge in [-0.05, 0) is 132 Å². The van der Waals surface area contributed by atoms with Crippen LogP contribution in [-0.4, -0.2) is 145 Å². The number of rotatable bonds is 15. The van der Waals surface area contributed by atoms with Gasteiger partial charge in [-0.15, -0.1) is 0 Å². The molecule has 6 aliphatic carbocycles. The highest BCUT2D eigenvalue weighted by atomic mass is 16.7. The van der Waals surface area contributed by atoms with E-state index in [4.69, 9.17) is 56.8 Å². The Morgan fingerprint density at radius 3 is 1.16 bits per heavy atom. The average Bonchev–Trinajstić information content (AvgIpc) is 1.55. The van der Waals surface area contributed by atoms with Crippen molar-refractivity contribution < 1.29 is 105 Å². The van der Waals surface area contributed by atoms with Gasteiger partial charge in [-0.2, -0.15) is 0 Å². The van der Waals surface area contributed by atoms with E-state index >= 15 is 0 Å². The molecule has 6 saturated carbocycles. The van der Waals surface area contributed by atoms with Crippen molar-refractivity contribution in [3.8, 4) is 0 Å². The van der Waals surface area contributed by atoms with Crippen LogP contribution in [0, 0.1) is 92.7 Å². The minimum Gasteiger partial charge on any atom is -0.462 e. The zero-order chi connectivity index (χ0) is 64.5. The van der Waals surface area contributed by atoms with Crippen molar-refractivity contribution in [2.75, 3.05) is 0 Å². The first-order valence-electron chi connectivity index (χ1n) is 33.3. The molecule has 15 fully saturated rings. The Bertz CT molecular complexity index is 2840. The second-order valence-electron chi connectivity index (χ2n) is 30.3. The van der Waals surface area contributed by atoms with Crippen LogP contribution in [0.3, 0.4) is 0 Å². The molecule has 9 heterocycles. The van der Waals surface area contributed by atoms with Gasteiger partial charge in [0.1, 0.15) is 66.1 Å². The molecule has 27 unspecified atom stereocenters. The molecule has 22 nitrogen and oxygen atoms in total. The molecule has 10 bridgehead atoms. The summed E-state index contributed by atoms with van der Waals surface area (Å²) in [6.07, 6.45) is 7.69. The van der Waals surface area contributed by atoms with Gasteiger partial charge in [0.25, 0.3) is 0 Å². The van der Waals surface area contributed by atoms with Gasteiger partial charge in [-0.1, -0.05) is 123 Å². The highest BCUT2D eigenvalue weighted by molar-refractivity contribution is 5.84. The predicted molar refractivity (Wildman–Crippen MR) is 375 cm³/mol. The highest BCUT2D eigenvalue weighted by Crippen LogP contribution is 2.63. The van der Waals surface area contributed by atoms with E-state index in [1.807, 2.05) is 96.9 Å². The maximum absolute atomic E-state index is 12.3. The quantitative estimate of drug-likeness (QED) is 0.109. The van der Waals surface area contributed by atoms with Crippen molar-refractivity contribution in [3.63, 3.8) is 0 Å².